The Kier molecular flexibility index (Phi) is 3.91. The van der Waals surface area contributed by atoms with Crippen molar-refractivity contribution in [1.82, 2.24) is 15.0 Å². The van der Waals surface area contributed by atoms with Gasteiger partial charge in [-0.25, -0.2) is 9.48 Å². The third-order valence-corrected chi connectivity index (χ3v) is 3.19. The highest BCUT2D eigenvalue weighted by Gasteiger charge is 2.13. The first-order chi connectivity index (χ1) is 10.8. The highest BCUT2D eigenvalue weighted by atomic mass is 16.5. The van der Waals surface area contributed by atoms with E-state index in [0.717, 1.165) is 11.4 Å². The number of hydrogen-bond acceptors (Lipinski definition) is 4. The molecule has 0 aliphatic carbocycles. The Balaban J connectivity index is 1.80. The van der Waals surface area contributed by atoms with E-state index in [1.807, 2.05) is 47.3 Å². The standard InChI is InChI=1S/C16H15N4O2/c1-22-16(21)13-6-5-9-19(10-13)11-14-12-20(18-17-14)15-7-3-2-4-8-15/h2-10,12H,11H2,1H3/q+1. The van der Waals surface area contributed by atoms with Gasteiger partial charge in [0.25, 0.3) is 0 Å². The van der Waals surface area contributed by atoms with Crippen molar-refractivity contribution in [2.75, 3.05) is 7.11 Å². The van der Waals surface area contributed by atoms with Gasteiger partial charge in [0.05, 0.1) is 19.0 Å². The number of carbonyl (C=O) groups excluding carboxylic acids is 1. The quantitative estimate of drug-likeness (QED) is 0.539. The van der Waals surface area contributed by atoms with Crippen LogP contribution in [0, 0.1) is 0 Å². The van der Waals surface area contributed by atoms with Crippen LogP contribution >= 0.6 is 0 Å². The first-order valence-electron chi connectivity index (χ1n) is 6.80. The maximum absolute atomic E-state index is 11.5. The fourth-order valence-corrected chi connectivity index (χ4v) is 2.12. The predicted molar refractivity (Wildman–Crippen MR) is 78.4 cm³/mol. The average molecular weight is 295 g/mol. The number of benzene rings is 1. The number of ether oxygens (including phenoxy) is 1. The number of carbonyl (C=O) groups is 1. The van der Waals surface area contributed by atoms with E-state index in [-0.39, 0.29) is 5.97 Å². The molecule has 0 saturated heterocycles. The van der Waals surface area contributed by atoms with Crippen LogP contribution in [0.2, 0.25) is 0 Å². The Morgan fingerprint density at radius 1 is 1.23 bits per heavy atom. The number of nitrogens with zero attached hydrogens (tertiary/aromatic N) is 4. The van der Waals surface area contributed by atoms with E-state index >= 15 is 0 Å². The van der Waals surface area contributed by atoms with Crippen LogP contribution in [-0.4, -0.2) is 28.1 Å². The fraction of sp³-hybridized carbons (Fsp3) is 0.125. The molecule has 0 unspecified atom stereocenters. The van der Waals surface area contributed by atoms with Crippen molar-refractivity contribution >= 4 is 5.97 Å². The van der Waals surface area contributed by atoms with E-state index in [1.54, 1.807) is 23.0 Å². The van der Waals surface area contributed by atoms with Crippen LogP contribution in [0.3, 0.4) is 0 Å². The van der Waals surface area contributed by atoms with Crippen molar-refractivity contribution in [3.8, 4) is 5.69 Å². The number of aromatic nitrogens is 4. The molecule has 0 radical (unpaired) electrons. The lowest BCUT2D eigenvalue weighted by molar-refractivity contribution is -0.689. The van der Waals surface area contributed by atoms with Gasteiger partial charge in [0, 0.05) is 6.07 Å². The number of hydrogen-bond donors (Lipinski definition) is 0. The number of esters is 1. The number of para-hydroxylation sites is 1. The Morgan fingerprint density at radius 3 is 2.82 bits per heavy atom. The molecular weight excluding hydrogens is 280 g/mol. The van der Waals surface area contributed by atoms with Crippen molar-refractivity contribution in [1.29, 1.82) is 0 Å². The molecule has 0 saturated carbocycles. The third-order valence-electron chi connectivity index (χ3n) is 3.19. The summed E-state index contributed by atoms with van der Waals surface area (Å²) in [6.45, 7) is 0.525. The molecule has 0 amide bonds. The Morgan fingerprint density at radius 2 is 2.05 bits per heavy atom. The van der Waals surface area contributed by atoms with E-state index in [1.165, 1.54) is 7.11 Å². The molecule has 0 fully saturated rings. The number of rotatable bonds is 4. The van der Waals surface area contributed by atoms with Crippen molar-refractivity contribution < 1.29 is 14.1 Å². The van der Waals surface area contributed by atoms with E-state index in [0.29, 0.717) is 12.1 Å². The number of pyridine rings is 1. The van der Waals surface area contributed by atoms with Gasteiger partial charge in [-0.2, -0.15) is 4.57 Å². The first kappa shape index (κ1) is 13.9. The third kappa shape index (κ3) is 3.01. The van der Waals surface area contributed by atoms with Gasteiger partial charge >= 0.3 is 5.97 Å². The van der Waals surface area contributed by atoms with Gasteiger partial charge in [0.1, 0.15) is 11.3 Å². The fourth-order valence-electron chi connectivity index (χ4n) is 2.12. The van der Waals surface area contributed by atoms with E-state index in [9.17, 15) is 4.79 Å². The second-order valence-electron chi connectivity index (χ2n) is 4.75. The average Bonchev–Trinajstić information content (AvgIpc) is 3.03. The molecule has 2 heterocycles. The van der Waals surface area contributed by atoms with E-state index < -0.39 is 0 Å². The molecule has 6 nitrogen and oxygen atoms in total. The highest BCUT2D eigenvalue weighted by molar-refractivity contribution is 5.88. The van der Waals surface area contributed by atoms with Gasteiger partial charge in [-0.3, -0.25) is 0 Å². The van der Waals surface area contributed by atoms with Crippen LogP contribution in [0.25, 0.3) is 5.69 Å². The second-order valence-corrected chi connectivity index (χ2v) is 4.75. The molecule has 6 heteroatoms. The van der Waals surface area contributed by atoms with Crippen molar-refractivity contribution in [3.63, 3.8) is 0 Å². The maximum atomic E-state index is 11.5. The smallest absolute Gasteiger partial charge is 0.343 e. The SMILES string of the molecule is COC(=O)c1ccc[n+](Cc2cn(-c3ccccc3)nn2)c1. The zero-order chi connectivity index (χ0) is 15.4. The molecule has 0 spiro atoms. The van der Waals surface area contributed by atoms with Gasteiger partial charge in [0.15, 0.2) is 18.9 Å². The Labute approximate surface area is 127 Å². The summed E-state index contributed by atoms with van der Waals surface area (Å²) in [5.41, 5.74) is 2.26. The lowest BCUT2D eigenvalue weighted by Gasteiger charge is -1.98. The molecule has 22 heavy (non-hydrogen) atoms. The summed E-state index contributed by atoms with van der Waals surface area (Å²) in [4.78, 5) is 11.5. The highest BCUT2D eigenvalue weighted by Crippen LogP contribution is 2.05. The van der Waals surface area contributed by atoms with Crippen LogP contribution < -0.4 is 4.57 Å². The molecular formula is C16H15N4O2+. The van der Waals surface area contributed by atoms with Crippen LogP contribution in [0.5, 0.6) is 0 Å². The van der Waals surface area contributed by atoms with Gasteiger partial charge in [-0.05, 0) is 18.2 Å². The van der Waals surface area contributed by atoms with Crippen LogP contribution in [-0.2, 0) is 11.3 Å². The van der Waals surface area contributed by atoms with Gasteiger partial charge in [0.2, 0.25) is 0 Å². The van der Waals surface area contributed by atoms with Crippen LogP contribution in [0.15, 0.2) is 61.1 Å². The van der Waals surface area contributed by atoms with E-state index in [2.05, 4.69) is 10.3 Å². The summed E-state index contributed by atoms with van der Waals surface area (Å²) in [6.07, 6.45) is 5.47. The summed E-state index contributed by atoms with van der Waals surface area (Å²) >= 11 is 0. The zero-order valence-electron chi connectivity index (χ0n) is 12.1. The Bertz CT molecular complexity index is 784. The summed E-state index contributed by atoms with van der Waals surface area (Å²) in [5.74, 6) is -0.359. The molecule has 0 atom stereocenters. The maximum Gasteiger partial charge on any atom is 0.343 e. The predicted octanol–water partition coefficient (Wildman–Crippen LogP) is 1.39. The first-order valence-corrected chi connectivity index (χ1v) is 6.80. The van der Waals surface area contributed by atoms with Gasteiger partial charge in [-0.1, -0.05) is 23.4 Å². The van der Waals surface area contributed by atoms with Crippen LogP contribution in [0.1, 0.15) is 16.1 Å². The Hall–Kier alpha value is -3.02. The van der Waals surface area contributed by atoms with Gasteiger partial charge in [-0.15, -0.1) is 5.10 Å². The zero-order valence-corrected chi connectivity index (χ0v) is 12.1. The molecule has 110 valence electrons. The second kappa shape index (κ2) is 6.17. The molecule has 1 aromatic carbocycles. The molecule has 0 aliphatic rings. The van der Waals surface area contributed by atoms with Crippen LogP contribution in [0.4, 0.5) is 0 Å². The summed E-state index contributed by atoms with van der Waals surface area (Å²) in [5, 5.41) is 8.28. The van der Waals surface area contributed by atoms with E-state index in [4.69, 9.17) is 4.74 Å². The van der Waals surface area contributed by atoms with Crippen molar-refractivity contribution in [3.05, 3.63) is 72.3 Å². The topological polar surface area (TPSA) is 60.9 Å². The van der Waals surface area contributed by atoms with Crippen molar-refractivity contribution in [2.45, 2.75) is 6.54 Å². The molecule has 0 N–H and O–H groups in total. The normalized spacial score (nSPS) is 10.4. The summed E-state index contributed by atoms with van der Waals surface area (Å²) < 4.78 is 8.31. The molecule has 3 rings (SSSR count). The molecule has 0 aliphatic heterocycles. The van der Waals surface area contributed by atoms with Crippen molar-refractivity contribution in [2.24, 2.45) is 0 Å². The summed E-state index contributed by atoms with van der Waals surface area (Å²) in [6, 6.07) is 13.3. The minimum Gasteiger partial charge on any atom is -0.465 e. The molecule has 2 aromatic heterocycles. The summed E-state index contributed by atoms with van der Waals surface area (Å²) in [7, 11) is 1.37. The lowest BCUT2D eigenvalue weighted by atomic mass is 10.3. The number of methoxy groups -OCH3 is 1. The minimum atomic E-state index is -0.359. The monoisotopic (exact) mass is 295 g/mol. The minimum absolute atomic E-state index is 0.359. The lowest BCUT2D eigenvalue weighted by Crippen LogP contribution is -2.34. The largest absolute Gasteiger partial charge is 0.465 e. The van der Waals surface area contributed by atoms with Gasteiger partial charge < -0.3 is 4.74 Å². The molecule has 3 aromatic rings. The molecule has 0 bridgehead atoms.